The maximum atomic E-state index is 13.6. The number of halogens is 2. The van der Waals surface area contributed by atoms with Crippen molar-refractivity contribution in [3.05, 3.63) is 66.1 Å². The van der Waals surface area contributed by atoms with Crippen molar-refractivity contribution in [2.75, 3.05) is 58.4 Å². The summed E-state index contributed by atoms with van der Waals surface area (Å²) in [5, 5.41) is 2.79. The first-order valence-corrected chi connectivity index (χ1v) is 15.9. The predicted octanol–water partition coefficient (Wildman–Crippen LogP) is 6.02. The number of rotatable bonds is 11. The van der Waals surface area contributed by atoms with E-state index in [1.807, 2.05) is 36.4 Å². The molecule has 228 valence electrons. The number of hydrogen-bond donors (Lipinski definition) is 2. The van der Waals surface area contributed by atoms with Gasteiger partial charge in [0, 0.05) is 51.0 Å². The lowest BCUT2D eigenvalue weighted by Crippen LogP contribution is -2.39. The molecule has 0 unspecified atom stereocenters. The summed E-state index contributed by atoms with van der Waals surface area (Å²) in [6.45, 7) is 3.32. The standard InChI is InChI=1S/C31H37F2N7O2S/c32-31(33)11-16-40(17-12-31)26-6-13-34-29(36-26)37-28(41)27-25(39-14-9-30(7-8-30)10-15-39)20-24(21-35-27)38-43-19-18-42-22-23-4-2-1-3-5-23/h1-6,13,20-21,38H,7-12,14-19,22H2,(H,34,36,37,41). The first kappa shape index (κ1) is 29.6. The molecule has 2 aromatic heterocycles. The van der Waals surface area contributed by atoms with Crippen LogP contribution in [0.5, 0.6) is 0 Å². The lowest BCUT2D eigenvalue weighted by molar-refractivity contribution is -0.0221. The Kier molecular flexibility index (Phi) is 8.94. The molecule has 0 atom stereocenters. The average molecular weight is 610 g/mol. The lowest BCUT2D eigenvalue weighted by Gasteiger charge is -2.34. The highest BCUT2D eigenvalue weighted by molar-refractivity contribution is 8.00. The number of benzene rings is 1. The van der Waals surface area contributed by atoms with E-state index >= 15 is 0 Å². The van der Waals surface area contributed by atoms with Crippen LogP contribution in [0.4, 0.5) is 31.9 Å². The number of carbonyl (C=O) groups is 1. The summed E-state index contributed by atoms with van der Waals surface area (Å²) < 4.78 is 36.4. The molecule has 12 heteroatoms. The van der Waals surface area contributed by atoms with E-state index in [4.69, 9.17) is 4.74 Å². The van der Waals surface area contributed by atoms with Gasteiger partial charge in [0.25, 0.3) is 11.8 Å². The van der Waals surface area contributed by atoms with Gasteiger partial charge >= 0.3 is 0 Å². The van der Waals surface area contributed by atoms with E-state index in [1.54, 1.807) is 17.2 Å². The second kappa shape index (κ2) is 13.0. The Hall–Kier alpha value is -3.51. The number of pyridine rings is 1. The van der Waals surface area contributed by atoms with Crippen LogP contribution in [0.2, 0.25) is 0 Å². The van der Waals surface area contributed by atoms with E-state index in [0.717, 1.165) is 48.6 Å². The zero-order chi connectivity index (χ0) is 29.7. The van der Waals surface area contributed by atoms with Crippen LogP contribution in [0.3, 0.4) is 0 Å². The van der Waals surface area contributed by atoms with Crippen molar-refractivity contribution < 1.29 is 18.3 Å². The quantitative estimate of drug-likeness (QED) is 0.200. The number of hydrogen-bond acceptors (Lipinski definition) is 9. The SMILES string of the molecule is O=C(Nc1nccc(N2CCC(F)(F)CC2)n1)c1ncc(NSCCOCc2ccccc2)cc1N1CCC2(CC1)CC2. The second-order valence-corrected chi connectivity index (χ2v) is 12.5. The fourth-order valence-electron chi connectivity index (χ4n) is 5.63. The Balaban J connectivity index is 1.10. The van der Waals surface area contributed by atoms with Crippen molar-refractivity contribution in [1.29, 1.82) is 0 Å². The third-order valence-corrected chi connectivity index (χ3v) is 9.27. The van der Waals surface area contributed by atoms with Crippen molar-refractivity contribution in [1.82, 2.24) is 15.0 Å². The number of alkyl halides is 2. The first-order chi connectivity index (χ1) is 20.9. The van der Waals surface area contributed by atoms with E-state index in [9.17, 15) is 13.6 Å². The molecule has 1 aliphatic carbocycles. The Bertz CT molecular complexity index is 1390. The molecule has 1 aromatic carbocycles. The number of nitrogens with zero attached hydrogens (tertiary/aromatic N) is 5. The number of piperidine rings is 2. The Morgan fingerprint density at radius 1 is 0.953 bits per heavy atom. The Morgan fingerprint density at radius 2 is 1.70 bits per heavy atom. The molecule has 1 spiro atoms. The van der Waals surface area contributed by atoms with E-state index in [1.165, 1.54) is 31.0 Å². The largest absolute Gasteiger partial charge is 0.376 e. The summed E-state index contributed by atoms with van der Waals surface area (Å²) in [5.41, 5.74) is 3.52. The number of amides is 1. The smallest absolute Gasteiger partial charge is 0.278 e. The lowest BCUT2D eigenvalue weighted by atomic mass is 9.93. The van der Waals surface area contributed by atoms with E-state index < -0.39 is 11.8 Å². The summed E-state index contributed by atoms with van der Waals surface area (Å²) in [6, 6.07) is 13.7. The molecular weight excluding hydrogens is 572 g/mol. The van der Waals surface area contributed by atoms with Crippen molar-refractivity contribution in [3.8, 4) is 0 Å². The van der Waals surface area contributed by atoms with Gasteiger partial charge in [-0.3, -0.25) is 10.1 Å². The predicted molar refractivity (Wildman–Crippen MR) is 166 cm³/mol. The molecule has 0 bridgehead atoms. The molecular formula is C31H37F2N7O2S. The van der Waals surface area contributed by atoms with Crippen molar-refractivity contribution in [2.45, 2.75) is 51.1 Å². The number of nitrogens with one attached hydrogen (secondary N) is 2. The van der Waals surface area contributed by atoms with Gasteiger partial charge < -0.3 is 19.3 Å². The van der Waals surface area contributed by atoms with Crippen LogP contribution in [-0.4, -0.2) is 65.3 Å². The molecule has 1 amide bonds. The first-order valence-electron chi connectivity index (χ1n) is 14.9. The van der Waals surface area contributed by atoms with Gasteiger partial charge in [0.1, 0.15) is 5.82 Å². The maximum Gasteiger partial charge on any atom is 0.278 e. The molecule has 2 saturated heterocycles. The zero-order valence-corrected chi connectivity index (χ0v) is 24.9. The molecule has 6 rings (SSSR count). The molecule has 3 fully saturated rings. The molecule has 2 N–H and O–H groups in total. The number of anilines is 4. The number of ether oxygens (including phenoxy) is 1. The minimum atomic E-state index is -2.65. The fraction of sp³-hybridized carbons (Fsp3) is 0.484. The van der Waals surface area contributed by atoms with Gasteiger partial charge in [-0.05, 0) is 48.8 Å². The van der Waals surface area contributed by atoms with Crippen LogP contribution in [-0.2, 0) is 11.3 Å². The minimum absolute atomic E-state index is 0.122. The summed E-state index contributed by atoms with van der Waals surface area (Å²) >= 11 is 1.53. The van der Waals surface area contributed by atoms with Crippen LogP contribution in [0.25, 0.3) is 0 Å². The van der Waals surface area contributed by atoms with Crippen molar-refractivity contribution >= 4 is 41.0 Å². The van der Waals surface area contributed by atoms with Crippen LogP contribution < -0.4 is 19.8 Å². The molecule has 9 nitrogen and oxygen atoms in total. The summed E-state index contributed by atoms with van der Waals surface area (Å²) in [5.74, 6) is -1.66. The topological polar surface area (TPSA) is 95.5 Å². The van der Waals surface area contributed by atoms with Crippen LogP contribution >= 0.6 is 11.9 Å². The highest BCUT2D eigenvalue weighted by Crippen LogP contribution is 2.54. The van der Waals surface area contributed by atoms with Gasteiger partial charge in [-0.1, -0.05) is 42.3 Å². The Morgan fingerprint density at radius 3 is 2.44 bits per heavy atom. The number of aromatic nitrogens is 3. The highest BCUT2D eigenvalue weighted by atomic mass is 32.2. The molecule has 3 aromatic rings. The highest BCUT2D eigenvalue weighted by Gasteiger charge is 2.44. The third-order valence-electron chi connectivity index (χ3n) is 8.52. The normalized spacial score (nSPS) is 18.8. The summed E-state index contributed by atoms with van der Waals surface area (Å²) in [6.07, 6.45) is 7.56. The second-order valence-electron chi connectivity index (χ2n) is 11.6. The van der Waals surface area contributed by atoms with Gasteiger partial charge in [0.15, 0.2) is 5.69 Å². The average Bonchev–Trinajstić information content (AvgIpc) is 3.78. The van der Waals surface area contributed by atoms with Crippen molar-refractivity contribution in [2.24, 2.45) is 5.41 Å². The monoisotopic (exact) mass is 609 g/mol. The third kappa shape index (κ3) is 7.72. The van der Waals surface area contributed by atoms with E-state index in [0.29, 0.717) is 30.1 Å². The van der Waals surface area contributed by atoms with Crippen LogP contribution in [0.15, 0.2) is 54.9 Å². The van der Waals surface area contributed by atoms with Crippen LogP contribution in [0.1, 0.15) is 54.6 Å². The maximum absolute atomic E-state index is 13.6. The molecule has 2 aliphatic heterocycles. The Labute approximate surface area is 255 Å². The van der Waals surface area contributed by atoms with Gasteiger partial charge in [-0.2, -0.15) is 4.98 Å². The van der Waals surface area contributed by atoms with Crippen LogP contribution in [0, 0.1) is 5.41 Å². The van der Waals surface area contributed by atoms with Gasteiger partial charge in [-0.15, -0.1) is 0 Å². The summed E-state index contributed by atoms with van der Waals surface area (Å²) in [7, 11) is 0. The number of carbonyl (C=O) groups excluding carboxylic acids is 1. The zero-order valence-electron chi connectivity index (χ0n) is 24.1. The fourth-order valence-corrected chi connectivity index (χ4v) is 6.21. The van der Waals surface area contributed by atoms with Gasteiger partial charge in [0.2, 0.25) is 5.95 Å². The minimum Gasteiger partial charge on any atom is -0.376 e. The van der Waals surface area contributed by atoms with E-state index in [2.05, 4.69) is 29.9 Å². The summed E-state index contributed by atoms with van der Waals surface area (Å²) in [4.78, 5) is 30.8. The molecule has 4 heterocycles. The molecule has 3 aliphatic rings. The van der Waals surface area contributed by atoms with Gasteiger partial charge in [-0.25, -0.2) is 18.7 Å². The molecule has 43 heavy (non-hydrogen) atoms. The van der Waals surface area contributed by atoms with E-state index in [-0.39, 0.29) is 31.9 Å². The molecule has 0 radical (unpaired) electrons. The molecule has 1 saturated carbocycles. The van der Waals surface area contributed by atoms with Gasteiger partial charge in [0.05, 0.1) is 30.8 Å². The van der Waals surface area contributed by atoms with Crippen molar-refractivity contribution in [3.63, 3.8) is 0 Å².